The molecule has 5 nitrogen and oxygen atoms in total. The molecule has 0 amide bonds. The molecule has 0 N–H and O–H groups in total. The number of halogens is 1. The summed E-state index contributed by atoms with van der Waals surface area (Å²) in [5.74, 6) is 0.870. The van der Waals surface area contributed by atoms with Crippen LogP contribution in [0.3, 0.4) is 0 Å². The van der Waals surface area contributed by atoms with Gasteiger partial charge in [0.15, 0.2) is 5.65 Å². The Labute approximate surface area is 103 Å². The van der Waals surface area contributed by atoms with Gasteiger partial charge in [-0.1, -0.05) is 0 Å². The van der Waals surface area contributed by atoms with Gasteiger partial charge >= 0.3 is 5.97 Å². The summed E-state index contributed by atoms with van der Waals surface area (Å²) in [6.45, 7) is 0.107. The van der Waals surface area contributed by atoms with E-state index in [1.807, 2.05) is 12.1 Å². The lowest BCUT2D eigenvalue weighted by Gasteiger charge is -2.05. The first-order valence-electron chi connectivity index (χ1n) is 5.19. The number of aryl methyl sites for hydroxylation is 1. The minimum absolute atomic E-state index is 0.107. The second-order valence-corrected chi connectivity index (χ2v) is 3.85. The molecule has 90 valence electrons. The third-order valence-corrected chi connectivity index (χ3v) is 2.60. The van der Waals surface area contributed by atoms with Crippen molar-refractivity contribution in [1.82, 2.24) is 14.5 Å². The van der Waals surface area contributed by atoms with Gasteiger partial charge in [0.2, 0.25) is 0 Å². The van der Waals surface area contributed by atoms with E-state index in [1.165, 1.54) is 7.11 Å². The SMILES string of the molecule is COC(=O)Cn1c(CCCl)nc2cccnc21. The van der Waals surface area contributed by atoms with Gasteiger partial charge in [-0.15, -0.1) is 11.6 Å². The predicted octanol–water partition coefficient (Wildman–Crippen LogP) is 1.39. The van der Waals surface area contributed by atoms with Gasteiger partial charge in [-0.25, -0.2) is 9.97 Å². The lowest BCUT2D eigenvalue weighted by molar-refractivity contribution is -0.141. The van der Waals surface area contributed by atoms with Crippen molar-refractivity contribution in [2.45, 2.75) is 13.0 Å². The summed E-state index contributed by atoms with van der Waals surface area (Å²) in [4.78, 5) is 20.0. The fourth-order valence-electron chi connectivity index (χ4n) is 1.64. The number of rotatable bonds is 4. The van der Waals surface area contributed by atoms with E-state index >= 15 is 0 Å². The van der Waals surface area contributed by atoms with Crippen LogP contribution in [0, 0.1) is 0 Å². The van der Waals surface area contributed by atoms with E-state index in [2.05, 4.69) is 14.7 Å². The molecule has 2 aromatic rings. The Morgan fingerprint density at radius 1 is 1.59 bits per heavy atom. The molecule has 0 radical (unpaired) electrons. The molecule has 0 atom stereocenters. The van der Waals surface area contributed by atoms with E-state index in [0.717, 1.165) is 11.3 Å². The molecule has 0 aliphatic carbocycles. The molecule has 0 aromatic carbocycles. The highest BCUT2D eigenvalue weighted by Gasteiger charge is 2.13. The topological polar surface area (TPSA) is 57.0 Å². The number of carbonyl (C=O) groups excluding carboxylic acids is 1. The molecule has 6 heteroatoms. The van der Waals surface area contributed by atoms with Gasteiger partial charge in [0.05, 0.1) is 7.11 Å². The van der Waals surface area contributed by atoms with E-state index in [1.54, 1.807) is 10.8 Å². The van der Waals surface area contributed by atoms with Crippen LogP contribution in [0.4, 0.5) is 0 Å². The molecule has 0 saturated carbocycles. The summed E-state index contributed by atoms with van der Waals surface area (Å²) < 4.78 is 6.40. The maximum atomic E-state index is 11.3. The van der Waals surface area contributed by atoms with Crippen LogP contribution >= 0.6 is 11.6 Å². The number of ether oxygens (including phenoxy) is 1. The number of esters is 1. The van der Waals surface area contributed by atoms with E-state index < -0.39 is 0 Å². The number of aromatic nitrogens is 3. The fraction of sp³-hybridized carbons (Fsp3) is 0.364. The molecule has 0 aliphatic rings. The number of nitrogens with zero attached hydrogens (tertiary/aromatic N) is 3. The lowest BCUT2D eigenvalue weighted by atomic mass is 10.4. The molecule has 0 bridgehead atoms. The van der Waals surface area contributed by atoms with Crippen LogP contribution in [0.25, 0.3) is 11.2 Å². The predicted molar refractivity (Wildman–Crippen MR) is 64.0 cm³/mol. The zero-order valence-corrected chi connectivity index (χ0v) is 10.1. The number of fused-ring (bicyclic) bond motifs is 1. The normalized spacial score (nSPS) is 10.7. The second kappa shape index (κ2) is 5.14. The number of imidazole rings is 1. The third kappa shape index (κ3) is 2.39. The van der Waals surface area contributed by atoms with Gasteiger partial charge in [-0.05, 0) is 12.1 Å². The maximum absolute atomic E-state index is 11.3. The second-order valence-electron chi connectivity index (χ2n) is 3.48. The smallest absolute Gasteiger partial charge is 0.325 e. The number of pyridine rings is 1. The van der Waals surface area contributed by atoms with E-state index in [0.29, 0.717) is 17.9 Å². The Morgan fingerprint density at radius 3 is 3.12 bits per heavy atom. The van der Waals surface area contributed by atoms with Gasteiger partial charge in [-0.2, -0.15) is 0 Å². The van der Waals surface area contributed by atoms with Gasteiger partial charge in [0.25, 0.3) is 0 Å². The van der Waals surface area contributed by atoms with Crippen molar-refractivity contribution in [3.63, 3.8) is 0 Å². The molecule has 0 saturated heterocycles. The zero-order chi connectivity index (χ0) is 12.3. The van der Waals surface area contributed by atoms with Crippen LogP contribution < -0.4 is 0 Å². The van der Waals surface area contributed by atoms with Crippen LogP contribution in [0.15, 0.2) is 18.3 Å². The van der Waals surface area contributed by atoms with Crippen molar-refractivity contribution in [2.24, 2.45) is 0 Å². The van der Waals surface area contributed by atoms with Gasteiger partial charge in [0, 0.05) is 18.5 Å². The highest BCUT2D eigenvalue weighted by Crippen LogP contribution is 2.14. The Bertz CT molecular complexity index is 538. The number of carbonyl (C=O) groups is 1. The standard InChI is InChI=1S/C11H12ClN3O2/c1-17-10(16)7-15-9(4-5-12)14-8-3-2-6-13-11(8)15/h2-3,6H,4-5,7H2,1H3. The van der Waals surface area contributed by atoms with Crippen molar-refractivity contribution < 1.29 is 9.53 Å². The fourth-order valence-corrected chi connectivity index (χ4v) is 1.81. The Hall–Kier alpha value is -1.62. The highest BCUT2D eigenvalue weighted by atomic mass is 35.5. The van der Waals surface area contributed by atoms with Crippen LogP contribution in [0.1, 0.15) is 5.82 Å². The highest BCUT2D eigenvalue weighted by molar-refractivity contribution is 6.17. The average Bonchev–Trinajstić information content (AvgIpc) is 2.68. The first-order valence-corrected chi connectivity index (χ1v) is 5.72. The minimum Gasteiger partial charge on any atom is -0.468 e. The largest absolute Gasteiger partial charge is 0.468 e. The van der Waals surface area contributed by atoms with Gasteiger partial charge in [0.1, 0.15) is 17.9 Å². The van der Waals surface area contributed by atoms with E-state index in [9.17, 15) is 4.79 Å². The van der Waals surface area contributed by atoms with Crippen molar-refractivity contribution >= 4 is 28.7 Å². The molecule has 0 aliphatic heterocycles. The number of hydrogen-bond acceptors (Lipinski definition) is 4. The molecule has 2 rings (SSSR count). The third-order valence-electron chi connectivity index (χ3n) is 2.42. The van der Waals surface area contributed by atoms with Crippen LogP contribution in [0.2, 0.25) is 0 Å². The average molecular weight is 254 g/mol. The van der Waals surface area contributed by atoms with Crippen molar-refractivity contribution in [2.75, 3.05) is 13.0 Å². The Morgan fingerprint density at radius 2 is 2.41 bits per heavy atom. The molecule has 0 unspecified atom stereocenters. The monoisotopic (exact) mass is 253 g/mol. The number of alkyl halides is 1. The van der Waals surface area contributed by atoms with Crippen molar-refractivity contribution in [1.29, 1.82) is 0 Å². The molecule has 0 fully saturated rings. The van der Waals surface area contributed by atoms with Gasteiger partial charge in [-0.3, -0.25) is 4.79 Å². The molecule has 0 spiro atoms. The van der Waals surface area contributed by atoms with Crippen LogP contribution in [-0.2, 0) is 22.5 Å². The Balaban J connectivity index is 2.47. The van der Waals surface area contributed by atoms with Crippen molar-refractivity contribution in [3.8, 4) is 0 Å². The van der Waals surface area contributed by atoms with Crippen LogP contribution in [-0.4, -0.2) is 33.5 Å². The number of hydrogen-bond donors (Lipinski definition) is 0. The summed E-state index contributed by atoms with van der Waals surface area (Å²) in [5.41, 5.74) is 1.44. The summed E-state index contributed by atoms with van der Waals surface area (Å²) in [5, 5.41) is 0. The van der Waals surface area contributed by atoms with Crippen LogP contribution in [0.5, 0.6) is 0 Å². The molecule has 2 heterocycles. The van der Waals surface area contributed by atoms with Crippen molar-refractivity contribution in [3.05, 3.63) is 24.2 Å². The van der Waals surface area contributed by atoms with Gasteiger partial charge < -0.3 is 9.30 Å². The minimum atomic E-state index is -0.328. The molecular weight excluding hydrogens is 242 g/mol. The molecule has 17 heavy (non-hydrogen) atoms. The van der Waals surface area contributed by atoms with E-state index in [4.69, 9.17) is 11.6 Å². The molecule has 2 aromatic heterocycles. The summed E-state index contributed by atoms with van der Waals surface area (Å²) in [6, 6.07) is 3.66. The lowest BCUT2D eigenvalue weighted by Crippen LogP contribution is -2.14. The zero-order valence-electron chi connectivity index (χ0n) is 9.39. The summed E-state index contributed by atoms with van der Waals surface area (Å²) in [7, 11) is 1.36. The summed E-state index contributed by atoms with van der Waals surface area (Å²) in [6.07, 6.45) is 2.26. The van der Waals surface area contributed by atoms with E-state index in [-0.39, 0.29) is 12.5 Å². The maximum Gasteiger partial charge on any atom is 0.325 e. The summed E-state index contributed by atoms with van der Waals surface area (Å²) >= 11 is 5.72. The first kappa shape index (κ1) is 11.9. The number of methoxy groups -OCH3 is 1. The first-order chi connectivity index (χ1) is 8.26. The Kier molecular flexibility index (Phi) is 3.58. The quantitative estimate of drug-likeness (QED) is 0.610. The molecular formula is C11H12ClN3O2.